The molecule has 5 heteroatoms. The molecule has 88 valence electrons. The van der Waals surface area contributed by atoms with Crippen LogP contribution in [0.3, 0.4) is 0 Å². The first-order chi connectivity index (χ1) is 8.06. The molecule has 0 atom stereocenters. The number of nitrogens with zero attached hydrogens (tertiary/aromatic N) is 3. The molecule has 0 fully saturated rings. The smallest absolute Gasteiger partial charge is 0.225 e. The minimum absolute atomic E-state index is 0.139. The molecule has 0 aliphatic rings. The maximum atomic E-state index is 5.53. The normalized spacial score (nSPS) is 10.8. The molecule has 0 bridgehead atoms. The SMILES string of the molecule is CC(C)c1ccc(-c2nc(N)nc(N)n2)cc1. The van der Waals surface area contributed by atoms with Crippen LogP contribution in [-0.2, 0) is 0 Å². The maximum Gasteiger partial charge on any atom is 0.225 e. The zero-order valence-corrected chi connectivity index (χ0v) is 9.88. The quantitative estimate of drug-likeness (QED) is 0.819. The molecule has 0 amide bonds. The highest BCUT2D eigenvalue weighted by Crippen LogP contribution is 2.20. The minimum atomic E-state index is 0.139. The van der Waals surface area contributed by atoms with Crippen LogP contribution >= 0.6 is 0 Å². The van der Waals surface area contributed by atoms with Crippen molar-refractivity contribution in [3.8, 4) is 11.4 Å². The standard InChI is InChI=1S/C12H15N5/c1-7(2)8-3-5-9(6-4-8)10-15-11(13)17-12(14)16-10/h3-7H,1-2H3,(H4,13,14,15,16,17). The Morgan fingerprint density at radius 1 is 0.882 bits per heavy atom. The van der Waals surface area contributed by atoms with Crippen LogP contribution in [0.5, 0.6) is 0 Å². The van der Waals surface area contributed by atoms with Crippen molar-refractivity contribution in [2.45, 2.75) is 19.8 Å². The largest absolute Gasteiger partial charge is 0.368 e. The lowest BCUT2D eigenvalue weighted by Gasteiger charge is -2.06. The first-order valence-corrected chi connectivity index (χ1v) is 5.43. The van der Waals surface area contributed by atoms with Crippen molar-refractivity contribution in [3.05, 3.63) is 29.8 Å². The molecule has 0 unspecified atom stereocenters. The van der Waals surface area contributed by atoms with E-state index in [1.165, 1.54) is 5.56 Å². The van der Waals surface area contributed by atoms with E-state index >= 15 is 0 Å². The molecule has 0 spiro atoms. The van der Waals surface area contributed by atoms with E-state index in [4.69, 9.17) is 11.5 Å². The summed E-state index contributed by atoms with van der Waals surface area (Å²) in [5.41, 5.74) is 13.2. The van der Waals surface area contributed by atoms with E-state index in [1.807, 2.05) is 12.1 Å². The van der Waals surface area contributed by atoms with Crippen LogP contribution in [0.25, 0.3) is 11.4 Å². The fourth-order valence-corrected chi connectivity index (χ4v) is 1.56. The Morgan fingerprint density at radius 3 is 1.88 bits per heavy atom. The van der Waals surface area contributed by atoms with Gasteiger partial charge in [0.15, 0.2) is 5.82 Å². The van der Waals surface area contributed by atoms with Gasteiger partial charge in [-0.25, -0.2) is 0 Å². The van der Waals surface area contributed by atoms with Gasteiger partial charge in [0.25, 0.3) is 0 Å². The van der Waals surface area contributed by atoms with Crippen LogP contribution in [0.1, 0.15) is 25.3 Å². The zero-order valence-electron chi connectivity index (χ0n) is 9.88. The van der Waals surface area contributed by atoms with Crippen molar-refractivity contribution < 1.29 is 0 Å². The van der Waals surface area contributed by atoms with E-state index in [0.717, 1.165) is 5.56 Å². The molecule has 1 heterocycles. The van der Waals surface area contributed by atoms with Gasteiger partial charge >= 0.3 is 0 Å². The Bertz CT molecular complexity index is 499. The van der Waals surface area contributed by atoms with Gasteiger partial charge in [-0.3, -0.25) is 0 Å². The van der Waals surface area contributed by atoms with E-state index in [-0.39, 0.29) is 11.9 Å². The van der Waals surface area contributed by atoms with E-state index < -0.39 is 0 Å². The number of hydrogen-bond donors (Lipinski definition) is 2. The van der Waals surface area contributed by atoms with Gasteiger partial charge in [0, 0.05) is 5.56 Å². The second-order valence-corrected chi connectivity index (χ2v) is 4.15. The summed E-state index contributed by atoms with van der Waals surface area (Å²) in [4.78, 5) is 11.8. The Labute approximate surface area is 99.9 Å². The number of nitrogens with two attached hydrogens (primary N) is 2. The van der Waals surface area contributed by atoms with Crippen molar-refractivity contribution in [2.24, 2.45) is 0 Å². The molecule has 0 saturated heterocycles. The van der Waals surface area contributed by atoms with Gasteiger partial charge in [-0.1, -0.05) is 38.1 Å². The Morgan fingerprint density at radius 2 is 1.41 bits per heavy atom. The number of benzene rings is 1. The maximum absolute atomic E-state index is 5.53. The molecule has 2 aromatic rings. The molecule has 0 radical (unpaired) electrons. The lowest BCUT2D eigenvalue weighted by atomic mass is 10.0. The van der Waals surface area contributed by atoms with E-state index in [2.05, 4.69) is 40.9 Å². The summed E-state index contributed by atoms with van der Waals surface area (Å²) >= 11 is 0. The van der Waals surface area contributed by atoms with Crippen LogP contribution in [0.2, 0.25) is 0 Å². The third-order valence-electron chi connectivity index (χ3n) is 2.51. The van der Waals surface area contributed by atoms with Crippen LogP contribution in [0, 0.1) is 0 Å². The van der Waals surface area contributed by atoms with E-state index in [0.29, 0.717) is 11.7 Å². The number of aromatic nitrogens is 3. The highest BCUT2D eigenvalue weighted by molar-refractivity contribution is 5.57. The minimum Gasteiger partial charge on any atom is -0.368 e. The molecule has 0 saturated carbocycles. The summed E-state index contributed by atoms with van der Waals surface area (Å²) in [6, 6.07) is 8.03. The molecule has 1 aromatic heterocycles. The Hall–Kier alpha value is -2.17. The van der Waals surface area contributed by atoms with Gasteiger partial charge in [-0.05, 0) is 11.5 Å². The lowest BCUT2D eigenvalue weighted by Crippen LogP contribution is -2.04. The molecule has 17 heavy (non-hydrogen) atoms. The number of anilines is 2. The predicted octanol–water partition coefficient (Wildman–Crippen LogP) is 1.83. The molecule has 0 aliphatic carbocycles. The van der Waals surface area contributed by atoms with Gasteiger partial charge in [0.1, 0.15) is 0 Å². The van der Waals surface area contributed by atoms with Crippen molar-refractivity contribution >= 4 is 11.9 Å². The van der Waals surface area contributed by atoms with Crippen molar-refractivity contribution in [3.63, 3.8) is 0 Å². The molecular formula is C12H15N5. The monoisotopic (exact) mass is 229 g/mol. The zero-order chi connectivity index (χ0) is 12.4. The topological polar surface area (TPSA) is 90.7 Å². The second-order valence-electron chi connectivity index (χ2n) is 4.15. The van der Waals surface area contributed by atoms with Gasteiger partial charge in [-0.2, -0.15) is 15.0 Å². The molecular weight excluding hydrogens is 214 g/mol. The molecule has 5 nitrogen and oxygen atoms in total. The average Bonchev–Trinajstić information content (AvgIpc) is 2.28. The van der Waals surface area contributed by atoms with Crippen LogP contribution < -0.4 is 11.5 Å². The summed E-state index contributed by atoms with van der Waals surface area (Å²) in [6.07, 6.45) is 0. The summed E-state index contributed by atoms with van der Waals surface area (Å²) < 4.78 is 0. The predicted molar refractivity (Wildman–Crippen MR) is 68.2 cm³/mol. The first-order valence-electron chi connectivity index (χ1n) is 5.43. The van der Waals surface area contributed by atoms with Crippen molar-refractivity contribution in [1.82, 2.24) is 15.0 Å². The van der Waals surface area contributed by atoms with Crippen LogP contribution in [-0.4, -0.2) is 15.0 Å². The summed E-state index contributed by atoms with van der Waals surface area (Å²) in [7, 11) is 0. The van der Waals surface area contributed by atoms with Gasteiger partial charge in [-0.15, -0.1) is 0 Å². The first kappa shape index (κ1) is 11.3. The fourth-order valence-electron chi connectivity index (χ4n) is 1.56. The highest BCUT2D eigenvalue weighted by Gasteiger charge is 2.05. The number of rotatable bonds is 2. The molecule has 0 aliphatic heterocycles. The molecule has 2 rings (SSSR count). The third-order valence-corrected chi connectivity index (χ3v) is 2.51. The van der Waals surface area contributed by atoms with Gasteiger partial charge in [0.05, 0.1) is 0 Å². The van der Waals surface area contributed by atoms with Crippen LogP contribution in [0.15, 0.2) is 24.3 Å². The highest BCUT2D eigenvalue weighted by atomic mass is 15.1. The summed E-state index contributed by atoms with van der Waals surface area (Å²) in [6.45, 7) is 4.29. The average molecular weight is 229 g/mol. The number of nitrogen functional groups attached to an aromatic ring is 2. The van der Waals surface area contributed by atoms with Crippen molar-refractivity contribution in [1.29, 1.82) is 0 Å². The third kappa shape index (κ3) is 2.50. The van der Waals surface area contributed by atoms with E-state index in [9.17, 15) is 0 Å². The summed E-state index contributed by atoms with van der Waals surface area (Å²) in [5, 5.41) is 0. The molecule has 1 aromatic carbocycles. The second kappa shape index (κ2) is 4.37. The molecule has 4 N–H and O–H groups in total. The van der Waals surface area contributed by atoms with Gasteiger partial charge in [0.2, 0.25) is 11.9 Å². The Balaban J connectivity index is 2.39. The van der Waals surface area contributed by atoms with E-state index in [1.54, 1.807) is 0 Å². The summed E-state index contributed by atoms with van der Waals surface area (Å²) in [5.74, 6) is 1.28. The number of hydrogen-bond acceptors (Lipinski definition) is 5. The van der Waals surface area contributed by atoms with Crippen LogP contribution in [0.4, 0.5) is 11.9 Å². The Kier molecular flexibility index (Phi) is 2.91. The fraction of sp³-hybridized carbons (Fsp3) is 0.250. The van der Waals surface area contributed by atoms with Crippen molar-refractivity contribution in [2.75, 3.05) is 11.5 Å². The van der Waals surface area contributed by atoms with Gasteiger partial charge < -0.3 is 11.5 Å². The lowest BCUT2D eigenvalue weighted by molar-refractivity contribution is 0.867.